The average molecular weight is 382 g/mol. The molecule has 0 spiro atoms. The van der Waals surface area contributed by atoms with Crippen LogP contribution in [0.25, 0.3) is 0 Å². The standard InChI is InChI=1S/C17H18O8S/c1-22-10-5-6-11(23-2)14(9-10)26(20,21)16-13(25-4)8-7-12(24-3)15(16)17(18)19/h5-9H,1-4H3,(H,18,19). The van der Waals surface area contributed by atoms with E-state index in [-0.39, 0.29) is 27.9 Å². The van der Waals surface area contributed by atoms with Crippen molar-refractivity contribution in [2.24, 2.45) is 0 Å². The molecule has 9 heteroatoms. The predicted molar refractivity (Wildman–Crippen MR) is 91.5 cm³/mol. The number of benzene rings is 2. The lowest BCUT2D eigenvalue weighted by Crippen LogP contribution is -2.14. The maximum absolute atomic E-state index is 13.3. The van der Waals surface area contributed by atoms with E-state index in [2.05, 4.69) is 0 Å². The highest BCUT2D eigenvalue weighted by molar-refractivity contribution is 7.91. The highest BCUT2D eigenvalue weighted by Gasteiger charge is 2.34. The number of carboxylic acid groups (broad SMARTS) is 1. The van der Waals surface area contributed by atoms with Gasteiger partial charge in [-0.2, -0.15) is 0 Å². The number of aromatic carboxylic acids is 1. The quantitative estimate of drug-likeness (QED) is 0.777. The van der Waals surface area contributed by atoms with Gasteiger partial charge in [0.05, 0.1) is 28.4 Å². The molecule has 0 saturated carbocycles. The third-order valence-corrected chi connectivity index (χ3v) is 5.51. The monoisotopic (exact) mass is 382 g/mol. The zero-order valence-corrected chi connectivity index (χ0v) is 15.4. The lowest BCUT2D eigenvalue weighted by Gasteiger charge is -2.17. The van der Waals surface area contributed by atoms with Crippen LogP contribution < -0.4 is 18.9 Å². The Kier molecular flexibility index (Phi) is 5.61. The number of ether oxygens (including phenoxy) is 4. The minimum atomic E-state index is -4.36. The van der Waals surface area contributed by atoms with Crippen LogP contribution >= 0.6 is 0 Å². The first-order valence-electron chi connectivity index (χ1n) is 7.27. The summed E-state index contributed by atoms with van der Waals surface area (Å²) in [4.78, 5) is 11.0. The van der Waals surface area contributed by atoms with Gasteiger partial charge in [-0.3, -0.25) is 0 Å². The van der Waals surface area contributed by atoms with Gasteiger partial charge in [0.1, 0.15) is 38.4 Å². The molecule has 0 fully saturated rings. The van der Waals surface area contributed by atoms with Gasteiger partial charge in [0.25, 0.3) is 0 Å². The highest BCUT2D eigenvalue weighted by Crippen LogP contribution is 2.41. The molecule has 8 nitrogen and oxygen atoms in total. The van der Waals surface area contributed by atoms with E-state index in [1.807, 2.05) is 0 Å². The summed E-state index contributed by atoms with van der Waals surface area (Å²) in [5.74, 6) is -1.41. The lowest BCUT2D eigenvalue weighted by molar-refractivity contribution is 0.0688. The van der Waals surface area contributed by atoms with E-state index in [1.54, 1.807) is 0 Å². The van der Waals surface area contributed by atoms with E-state index in [1.165, 1.54) is 58.8 Å². The van der Waals surface area contributed by atoms with Crippen LogP contribution in [-0.2, 0) is 9.84 Å². The number of hydrogen-bond donors (Lipinski definition) is 1. The van der Waals surface area contributed by atoms with Crippen molar-refractivity contribution in [1.82, 2.24) is 0 Å². The molecule has 2 aromatic carbocycles. The molecule has 0 atom stereocenters. The van der Waals surface area contributed by atoms with Crippen LogP contribution in [0.4, 0.5) is 0 Å². The van der Waals surface area contributed by atoms with Crippen LogP contribution in [-0.4, -0.2) is 47.9 Å². The van der Waals surface area contributed by atoms with Crippen molar-refractivity contribution in [2.45, 2.75) is 9.79 Å². The van der Waals surface area contributed by atoms with E-state index >= 15 is 0 Å². The molecule has 0 bridgehead atoms. The van der Waals surface area contributed by atoms with Gasteiger partial charge in [0.15, 0.2) is 0 Å². The van der Waals surface area contributed by atoms with Crippen LogP contribution in [0.15, 0.2) is 40.1 Å². The third kappa shape index (κ3) is 3.25. The average Bonchev–Trinajstić information content (AvgIpc) is 2.65. The van der Waals surface area contributed by atoms with Gasteiger partial charge in [-0.1, -0.05) is 0 Å². The molecule has 0 aliphatic carbocycles. The van der Waals surface area contributed by atoms with Crippen molar-refractivity contribution in [1.29, 1.82) is 0 Å². The molecule has 0 saturated heterocycles. The van der Waals surface area contributed by atoms with Gasteiger partial charge in [0.2, 0.25) is 9.84 Å². The number of rotatable bonds is 7. The van der Waals surface area contributed by atoms with Crippen LogP contribution in [0.1, 0.15) is 10.4 Å². The molecule has 2 aromatic rings. The number of carbonyl (C=O) groups is 1. The first-order chi connectivity index (χ1) is 12.3. The summed E-state index contributed by atoms with van der Waals surface area (Å²) >= 11 is 0. The summed E-state index contributed by atoms with van der Waals surface area (Å²) in [5, 5.41) is 9.58. The molecule has 0 aliphatic rings. The Morgan fingerprint density at radius 3 is 1.88 bits per heavy atom. The first-order valence-corrected chi connectivity index (χ1v) is 8.75. The molecule has 1 N–H and O–H groups in total. The summed E-state index contributed by atoms with van der Waals surface area (Å²) in [7, 11) is 0.825. The largest absolute Gasteiger partial charge is 0.497 e. The molecule has 0 aliphatic heterocycles. The molecule has 0 amide bonds. The topological polar surface area (TPSA) is 108 Å². The minimum Gasteiger partial charge on any atom is -0.497 e. The second kappa shape index (κ2) is 7.52. The first kappa shape index (κ1) is 19.4. The van der Waals surface area contributed by atoms with Crippen LogP contribution in [0.3, 0.4) is 0 Å². The molecule has 0 aromatic heterocycles. The zero-order chi connectivity index (χ0) is 19.5. The van der Waals surface area contributed by atoms with E-state index in [9.17, 15) is 18.3 Å². The minimum absolute atomic E-state index is 0.0343. The Balaban J connectivity index is 2.92. The van der Waals surface area contributed by atoms with E-state index in [0.717, 1.165) is 0 Å². The summed E-state index contributed by atoms with van der Waals surface area (Å²) in [6, 6.07) is 6.84. The van der Waals surface area contributed by atoms with Crippen molar-refractivity contribution in [3.8, 4) is 23.0 Å². The normalized spacial score (nSPS) is 10.9. The fourth-order valence-corrected chi connectivity index (χ4v) is 4.23. The summed E-state index contributed by atoms with van der Waals surface area (Å²) in [6.45, 7) is 0. The molecule has 0 radical (unpaired) electrons. The molecular formula is C17H18O8S. The van der Waals surface area contributed by atoms with Gasteiger partial charge >= 0.3 is 5.97 Å². The molecule has 2 rings (SSSR count). The molecule has 0 unspecified atom stereocenters. The lowest BCUT2D eigenvalue weighted by atomic mass is 10.2. The molecular weight excluding hydrogens is 364 g/mol. The Morgan fingerprint density at radius 1 is 0.846 bits per heavy atom. The fourth-order valence-electron chi connectivity index (χ4n) is 2.45. The summed E-state index contributed by atoms with van der Waals surface area (Å²) in [5.41, 5.74) is -0.531. The maximum Gasteiger partial charge on any atom is 0.340 e. The second-order valence-electron chi connectivity index (χ2n) is 5.00. The Hall–Kier alpha value is -2.94. The van der Waals surface area contributed by atoms with Gasteiger partial charge in [0, 0.05) is 6.07 Å². The maximum atomic E-state index is 13.3. The highest BCUT2D eigenvalue weighted by atomic mass is 32.2. The van der Waals surface area contributed by atoms with Crippen molar-refractivity contribution >= 4 is 15.8 Å². The van der Waals surface area contributed by atoms with Crippen LogP contribution in [0.5, 0.6) is 23.0 Å². The molecule has 140 valence electrons. The van der Waals surface area contributed by atoms with E-state index in [4.69, 9.17) is 18.9 Å². The number of sulfone groups is 1. The Morgan fingerprint density at radius 2 is 1.38 bits per heavy atom. The fraction of sp³-hybridized carbons (Fsp3) is 0.235. The van der Waals surface area contributed by atoms with Crippen LogP contribution in [0.2, 0.25) is 0 Å². The van der Waals surface area contributed by atoms with Gasteiger partial charge in [-0.25, -0.2) is 13.2 Å². The van der Waals surface area contributed by atoms with Gasteiger partial charge in [-0.15, -0.1) is 0 Å². The molecule has 0 heterocycles. The smallest absolute Gasteiger partial charge is 0.340 e. The summed E-state index contributed by atoms with van der Waals surface area (Å²) < 4.78 is 47.0. The third-order valence-electron chi connectivity index (χ3n) is 3.67. The van der Waals surface area contributed by atoms with Gasteiger partial charge in [-0.05, 0) is 24.3 Å². The van der Waals surface area contributed by atoms with E-state index < -0.39 is 26.3 Å². The number of hydrogen-bond acceptors (Lipinski definition) is 7. The Bertz CT molecular complexity index is 934. The van der Waals surface area contributed by atoms with Crippen molar-refractivity contribution in [2.75, 3.05) is 28.4 Å². The van der Waals surface area contributed by atoms with Crippen molar-refractivity contribution < 1.29 is 37.3 Å². The SMILES string of the molecule is COc1ccc(OC)c(S(=O)(=O)c2c(OC)ccc(OC)c2C(=O)O)c1. The summed E-state index contributed by atoms with van der Waals surface area (Å²) in [6.07, 6.45) is 0. The Labute approximate surface area is 150 Å². The van der Waals surface area contributed by atoms with Gasteiger partial charge < -0.3 is 24.1 Å². The number of methoxy groups -OCH3 is 4. The van der Waals surface area contributed by atoms with Crippen molar-refractivity contribution in [3.63, 3.8) is 0 Å². The predicted octanol–water partition coefficient (Wildman–Crippen LogP) is 2.25. The van der Waals surface area contributed by atoms with Crippen LogP contribution in [0, 0.1) is 0 Å². The van der Waals surface area contributed by atoms with E-state index in [0.29, 0.717) is 0 Å². The number of carboxylic acids is 1. The molecule has 26 heavy (non-hydrogen) atoms. The second-order valence-corrected chi connectivity index (χ2v) is 6.85. The zero-order valence-electron chi connectivity index (χ0n) is 14.6. The van der Waals surface area contributed by atoms with Crippen molar-refractivity contribution in [3.05, 3.63) is 35.9 Å².